The van der Waals surface area contributed by atoms with Gasteiger partial charge in [-0.3, -0.25) is 10.1 Å². The van der Waals surface area contributed by atoms with Crippen LogP contribution in [0.25, 0.3) is 0 Å². The number of nitrogens with one attached hydrogen (secondary N) is 2. The molecule has 0 aliphatic carbocycles. The fourth-order valence-corrected chi connectivity index (χ4v) is 1.58. The normalized spacial score (nSPS) is 12.0. The summed E-state index contributed by atoms with van der Waals surface area (Å²) in [6.07, 6.45) is -0.453. The van der Waals surface area contributed by atoms with Gasteiger partial charge >= 0.3 is 5.69 Å². The zero-order valence-electron chi connectivity index (χ0n) is 11.4. The second-order valence-corrected chi connectivity index (χ2v) is 4.24. The van der Waals surface area contributed by atoms with E-state index in [0.29, 0.717) is 19.6 Å². The van der Waals surface area contributed by atoms with E-state index in [1.54, 1.807) is 6.92 Å². The minimum absolute atomic E-state index is 0.00385. The SMILES string of the molecule is COc1cc(NCCNCC(C)O)c(F)cc1[N+](=O)[O-]. The third-order valence-corrected chi connectivity index (χ3v) is 2.52. The molecule has 0 spiro atoms. The van der Waals surface area contributed by atoms with Crippen molar-refractivity contribution in [3.8, 4) is 5.75 Å². The molecular formula is C12H18FN3O4. The van der Waals surface area contributed by atoms with Crippen LogP contribution in [0.2, 0.25) is 0 Å². The maximum absolute atomic E-state index is 13.7. The lowest BCUT2D eigenvalue weighted by atomic mass is 10.2. The third kappa shape index (κ3) is 4.63. The van der Waals surface area contributed by atoms with Gasteiger partial charge in [0.2, 0.25) is 0 Å². The first kappa shape index (κ1) is 16.1. The van der Waals surface area contributed by atoms with E-state index in [1.165, 1.54) is 13.2 Å². The average molecular weight is 287 g/mol. The first-order valence-corrected chi connectivity index (χ1v) is 6.10. The Kier molecular flexibility index (Phi) is 6.13. The van der Waals surface area contributed by atoms with Crippen LogP contribution in [-0.2, 0) is 0 Å². The minimum atomic E-state index is -0.715. The summed E-state index contributed by atoms with van der Waals surface area (Å²) in [7, 11) is 1.29. The number of nitro benzene ring substituents is 1. The number of rotatable bonds is 8. The molecule has 20 heavy (non-hydrogen) atoms. The quantitative estimate of drug-likeness (QED) is 0.377. The van der Waals surface area contributed by atoms with Crippen LogP contribution in [0.15, 0.2) is 12.1 Å². The van der Waals surface area contributed by atoms with Gasteiger partial charge < -0.3 is 20.5 Å². The van der Waals surface area contributed by atoms with Gasteiger partial charge in [0.15, 0.2) is 11.6 Å². The summed E-state index contributed by atoms with van der Waals surface area (Å²) in [6, 6.07) is 2.08. The van der Waals surface area contributed by atoms with E-state index in [4.69, 9.17) is 9.84 Å². The van der Waals surface area contributed by atoms with Crippen molar-refractivity contribution in [3.63, 3.8) is 0 Å². The Morgan fingerprint density at radius 2 is 2.20 bits per heavy atom. The number of nitro groups is 1. The highest BCUT2D eigenvalue weighted by Gasteiger charge is 2.18. The third-order valence-electron chi connectivity index (χ3n) is 2.52. The van der Waals surface area contributed by atoms with Crippen molar-refractivity contribution >= 4 is 11.4 Å². The fourth-order valence-electron chi connectivity index (χ4n) is 1.58. The largest absolute Gasteiger partial charge is 0.490 e. The van der Waals surface area contributed by atoms with Crippen molar-refractivity contribution in [3.05, 3.63) is 28.1 Å². The molecular weight excluding hydrogens is 269 g/mol. The second kappa shape index (κ2) is 7.61. The average Bonchev–Trinajstić information content (AvgIpc) is 2.39. The lowest BCUT2D eigenvalue weighted by molar-refractivity contribution is -0.385. The van der Waals surface area contributed by atoms with Crippen LogP contribution in [0.4, 0.5) is 15.8 Å². The van der Waals surface area contributed by atoms with Gasteiger partial charge in [0.25, 0.3) is 0 Å². The highest BCUT2D eigenvalue weighted by atomic mass is 19.1. The molecule has 0 saturated heterocycles. The molecule has 112 valence electrons. The highest BCUT2D eigenvalue weighted by molar-refractivity contribution is 5.59. The molecule has 3 N–H and O–H groups in total. The molecule has 0 heterocycles. The molecule has 0 saturated carbocycles. The van der Waals surface area contributed by atoms with Crippen LogP contribution < -0.4 is 15.4 Å². The number of hydrogen-bond donors (Lipinski definition) is 3. The summed E-state index contributed by atoms with van der Waals surface area (Å²) in [4.78, 5) is 10.0. The van der Waals surface area contributed by atoms with E-state index < -0.39 is 22.5 Å². The number of ether oxygens (including phenoxy) is 1. The van der Waals surface area contributed by atoms with Crippen LogP contribution in [0.5, 0.6) is 5.75 Å². The van der Waals surface area contributed by atoms with E-state index in [2.05, 4.69) is 10.6 Å². The van der Waals surface area contributed by atoms with Gasteiger partial charge in [-0.2, -0.15) is 0 Å². The summed E-state index contributed by atoms with van der Waals surface area (Å²) in [6.45, 7) is 3.02. The topological polar surface area (TPSA) is 96.7 Å². The molecule has 0 amide bonds. The Hall–Kier alpha value is -1.93. The summed E-state index contributed by atoms with van der Waals surface area (Å²) in [5, 5.41) is 25.5. The van der Waals surface area contributed by atoms with Crippen LogP contribution in [0.3, 0.4) is 0 Å². The molecule has 0 aromatic heterocycles. The number of methoxy groups -OCH3 is 1. The molecule has 0 aliphatic heterocycles. The predicted molar refractivity (Wildman–Crippen MR) is 72.6 cm³/mol. The number of aliphatic hydroxyl groups excluding tert-OH is 1. The van der Waals surface area contributed by atoms with Crippen molar-refractivity contribution in [1.82, 2.24) is 5.32 Å². The minimum Gasteiger partial charge on any atom is -0.490 e. The molecule has 0 fully saturated rings. The predicted octanol–water partition coefficient (Wildman–Crippen LogP) is 1.12. The molecule has 1 atom stereocenters. The molecule has 0 radical (unpaired) electrons. The number of anilines is 1. The van der Waals surface area contributed by atoms with Gasteiger partial charge in [0, 0.05) is 25.7 Å². The molecule has 7 nitrogen and oxygen atoms in total. The molecule has 1 aromatic carbocycles. The van der Waals surface area contributed by atoms with Gasteiger partial charge in [-0.25, -0.2) is 4.39 Å². The standard InChI is InChI=1S/C12H18FN3O4/c1-8(17)7-14-3-4-15-10-6-12(20-2)11(16(18)19)5-9(10)13/h5-6,8,14-15,17H,3-4,7H2,1-2H3. The van der Waals surface area contributed by atoms with Crippen molar-refractivity contribution in [2.45, 2.75) is 13.0 Å². The Bertz CT molecular complexity index is 468. The van der Waals surface area contributed by atoms with Crippen molar-refractivity contribution in [2.75, 3.05) is 32.1 Å². The lowest BCUT2D eigenvalue weighted by Gasteiger charge is -2.11. The molecule has 0 bridgehead atoms. The maximum atomic E-state index is 13.7. The summed E-state index contributed by atoms with van der Waals surface area (Å²) in [5.41, 5.74) is -0.283. The van der Waals surface area contributed by atoms with E-state index in [9.17, 15) is 14.5 Å². The summed E-state index contributed by atoms with van der Waals surface area (Å²) in [5.74, 6) is -0.719. The van der Waals surface area contributed by atoms with Gasteiger partial charge in [0.1, 0.15) is 0 Å². The molecule has 1 unspecified atom stereocenters. The number of nitrogens with zero attached hydrogens (tertiary/aromatic N) is 1. The van der Waals surface area contributed by atoms with Gasteiger partial charge in [-0.05, 0) is 6.92 Å². The van der Waals surface area contributed by atoms with Crippen LogP contribution in [-0.4, -0.2) is 42.9 Å². The highest BCUT2D eigenvalue weighted by Crippen LogP contribution is 2.32. The molecule has 1 aromatic rings. The van der Waals surface area contributed by atoms with Crippen molar-refractivity contribution in [1.29, 1.82) is 0 Å². The molecule has 8 heteroatoms. The zero-order chi connectivity index (χ0) is 15.1. The smallest absolute Gasteiger partial charge is 0.313 e. The molecule has 0 aliphatic rings. The first-order valence-electron chi connectivity index (χ1n) is 6.10. The van der Waals surface area contributed by atoms with Crippen molar-refractivity contribution < 1.29 is 19.2 Å². The number of aliphatic hydroxyl groups is 1. The van der Waals surface area contributed by atoms with Gasteiger partial charge in [-0.15, -0.1) is 0 Å². The van der Waals surface area contributed by atoms with Crippen LogP contribution in [0.1, 0.15) is 6.92 Å². The van der Waals surface area contributed by atoms with E-state index in [-0.39, 0.29) is 11.4 Å². The Morgan fingerprint density at radius 1 is 1.50 bits per heavy atom. The van der Waals surface area contributed by atoms with Crippen molar-refractivity contribution in [2.24, 2.45) is 0 Å². The van der Waals surface area contributed by atoms with E-state index in [1.807, 2.05) is 0 Å². The Morgan fingerprint density at radius 3 is 2.75 bits per heavy atom. The van der Waals surface area contributed by atoms with Crippen LogP contribution in [0, 0.1) is 15.9 Å². The maximum Gasteiger partial charge on any atom is 0.313 e. The number of hydrogen-bond acceptors (Lipinski definition) is 6. The number of benzene rings is 1. The summed E-state index contributed by atoms with van der Waals surface area (Å²) >= 11 is 0. The first-order chi connectivity index (χ1) is 9.45. The van der Waals surface area contributed by atoms with E-state index >= 15 is 0 Å². The zero-order valence-corrected chi connectivity index (χ0v) is 11.4. The summed E-state index contributed by atoms with van der Waals surface area (Å²) < 4.78 is 18.5. The van der Waals surface area contributed by atoms with Gasteiger partial charge in [0.05, 0.1) is 29.9 Å². The Balaban J connectivity index is 2.64. The van der Waals surface area contributed by atoms with E-state index in [0.717, 1.165) is 6.07 Å². The Labute approximate surface area is 115 Å². The van der Waals surface area contributed by atoms with Gasteiger partial charge in [-0.1, -0.05) is 0 Å². The molecule has 1 rings (SSSR count). The lowest BCUT2D eigenvalue weighted by Crippen LogP contribution is -2.29. The van der Waals surface area contributed by atoms with Crippen LogP contribution >= 0.6 is 0 Å². The number of halogens is 1. The second-order valence-electron chi connectivity index (χ2n) is 4.24. The monoisotopic (exact) mass is 287 g/mol. The fraction of sp³-hybridized carbons (Fsp3) is 0.500.